The van der Waals surface area contributed by atoms with Crippen molar-refractivity contribution < 1.29 is 19.1 Å². The highest BCUT2D eigenvalue weighted by Gasteiger charge is 2.24. The fraction of sp³-hybridized carbons (Fsp3) is 0.192. The third-order valence-electron chi connectivity index (χ3n) is 5.45. The number of nitrogens with one attached hydrogen (secondary N) is 1. The predicted octanol–water partition coefficient (Wildman–Crippen LogP) is 5.36. The van der Waals surface area contributed by atoms with Crippen LogP contribution in [0.5, 0.6) is 0 Å². The number of hydrogen-bond donors (Lipinski definition) is 1. The van der Waals surface area contributed by atoms with E-state index in [0.717, 1.165) is 24.1 Å². The molecule has 4 rings (SSSR count). The molecule has 3 aromatic rings. The lowest BCUT2D eigenvalue weighted by Crippen LogP contribution is -2.35. The molecule has 0 atom stereocenters. The highest BCUT2D eigenvalue weighted by Crippen LogP contribution is 2.30. The van der Waals surface area contributed by atoms with Crippen LogP contribution in [0.15, 0.2) is 66.7 Å². The maximum absolute atomic E-state index is 13.0. The Kier molecular flexibility index (Phi) is 6.75. The van der Waals surface area contributed by atoms with E-state index in [9.17, 15) is 14.4 Å². The van der Waals surface area contributed by atoms with Crippen LogP contribution in [0, 0.1) is 0 Å². The summed E-state index contributed by atoms with van der Waals surface area (Å²) in [5.41, 5.74) is 3.84. The molecule has 0 radical (unpaired) electrons. The summed E-state index contributed by atoms with van der Waals surface area (Å²) in [7, 11) is 0. The van der Waals surface area contributed by atoms with Gasteiger partial charge < -0.3 is 15.0 Å². The monoisotopic (exact) mass is 462 g/mol. The summed E-state index contributed by atoms with van der Waals surface area (Å²) < 4.78 is 4.97. The number of aryl methyl sites for hydroxylation is 1. The number of carbonyl (C=O) groups excluding carboxylic acids is 3. The van der Waals surface area contributed by atoms with Gasteiger partial charge in [-0.05, 0) is 92.1 Å². The fourth-order valence-corrected chi connectivity index (χ4v) is 3.93. The number of esters is 1. The zero-order valence-corrected chi connectivity index (χ0v) is 18.9. The first-order valence-corrected chi connectivity index (χ1v) is 11.1. The lowest BCUT2D eigenvalue weighted by atomic mass is 9.98. The highest BCUT2D eigenvalue weighted by atomic mass is 35.5. The molecular weight excluding hydrogens is 440 g/mol. The van der Waals surface area contributed by atoms with Crippen molar-refractivity contribution in [1.29, 1.82) is 0 Å². The molecule has 1 N–H and O–H groups in total. The number of fused-ring (bicyclic) bond motifs is 1. The third-order valence-corrected chi connectivity index (χ3v) is 5.70. The van der Waals surface area contributed by atoms with Gasteiger partial charge in [-0.2, -0.15) is 0 Å². The normalized spacial score (nSPS) is 12.6. The number of rotatable bonds is 5. The van der Waals surface area contributed by atoms with E-state index in [1.54, 1.807) is 66.4 Å². The van der Waals surface area contributed by atoms with E-state index in [4.69, 9.17) is 16.3 Å². The lowest BCUT2D eigenvalue weighted by molar-refractivity contribution is 0.0526. The van der Waals surface area contributed by atoms with Crippen LogP contribution >= 0.6 is 11.6 Å². The maximum Gasteiger partial charge on any atom is 0.338 e. The van der Waals surface area contributed by atoms with Crippen molar-refractivity contribution in [3.05, 3.63) is 94.0 Å². The summed E-state index contributed by atoms with van der Waals surface area (Å²) in [6.45, 7) is 2.67. The number of halogens is 1. The molecule has 6 nitrogen and oxygen atoms in total. The molecule has 0 aromatic heterocycles. The van der Waals surface area contributed by atoms with Crippen molar-refractivity contribution in [2.24, 2.45) is 0 Å². The summed E-state index contributed by atoms with van der Waals surface area (Å²) in [6, 6.07) is 18.8. The smallest absolute Gasteiger partial charge is 0.338 e. The number of nitrogens with zero attached hydrogens (tertiary/aromatic N) is 1. The summed E-state index contributed by atoms with van der Waals surface area (Å²) in [5.74, 6) is -0.753. The minimum atomic E-state index is -0.400. The van der Waals surface area contributed by atoms with Crippen molar-refractivity contribution >= 4 is 40.8 Å². The molecule has 2 amide bonds. The Labute approximate surface area is 197 Å². The fourth-order valence-electron chi connectivity index (χ4n) is 3.80. The predicted molar refractivity (Wildman–Crippen MR) is 128 cm³/mol. The van der Waals surface area contributed by atoms with E-state index in [1.165, 1.54) is 0 Å². The van der Waals surface area contributed by atoms with Crippen molar-refractivity contribution in [1.82, 2.24) is 0 Å². The van der Waals surface area contributed by atoms with Gasteiger partial charge in [0.2, 0.25) is 0 Å². The molecule has 0 saturated carbocycles. The van der Waals surface area contributed by atoms with E-state index < -0.39 is 5.97 Å². The van der Waals surface area contributed by atoms with Crippen LogP contribution < -0.4 is 10.2 Å². The van der Waals surface area contributed by atoms with Gasteiger partial charge in [-0.25, -0.2) is 4.79 Å². The quantitative estimate of drug-likeness (QED) is 0.518. The molecule has 0 bridgehead atoms. The SMILES string of the molecule is CCOC(=O)c1ccc(NC(=O)c2ccc3c(c2)CCCN3C(=O)c2ccc(Cl)cc2)cc1. The van der Waals surface area contributed by atoms with Gasteiger partial charge in [-0.15, -0.1) is 0 Å². The number of benzene rings is 3. The minimum Gasteiger partial charge on any atom is -0.462 e. The first kappa shape index (κ1) is 22.6. The van der Waals surface area contributed by atoms with E-state index in [1.807, 2.05) is 12.1 Å². The van der Waals surface area contributed by atoms with E-state index in [0.29, 0.717) is 40.6 Å². The zero-order valence-electron chi connectivity index (χ0n) is 18.1. The number of hydrogen-bond acceptors (Lipinski definition) is 4. The molecule has 0 unspecified atom stereocenters. The van der Waals surface area contributed by atoms with Crippen LogP contribution in [0.3, 0.4) is 0 Å². The van der Waals surface area contributed by atoms with Gasteiger partial charge in [-0.3, -0.25) is 9.59 Å². The summed E-state index contributed by atoms with van der Waals surface area (Å²) >= 11 is 5.94. The molecule has 1 heterocycles. The van der Waals surface area contributed by atoms with E-state index in [2.05, 4.69) is 5.32 Å². The first-order valence-electron chi connectivity index (χ1n) is 10.7. The van der Waals surface area contributed by atoms with Gasteiger partial charge >= 0.3 is 5.97 Å². The molecule has 1 aliphatic rings. The maximum atomic E-state index is 13.0. The molecule has 0 aliphatic carbocycles. The van der Waals surface area contributed by atoms with Crippen LogP contribution in [0.4, 0.5) is 11.4 Å². The zero-order chi connectivity index (χ0) is 23.4. The number of ether oxygens (including phenoxy) is 1. The highest BCUT2D eigenvalue weighted by molar-refractivity contribution is 6.30. The molecule has 3 aromatic carbocycles. The third kappa shape index (κ3) is 5.07. The molecular formula is C26H23ClN2O4. The number of anilines is 2. The Morgan fingerprint density at radius 3 is 2.30 bits per heavy atom. The molecule has 0 spiro atoms. The standard InChI is InChI=1S/C26H23ClN2O4/c1-2-33-26(32)18-7-12-22(13-8-18)28-24(30)20-9-14-23-19(16-20)4-3-15-29(23)25(31)17-5-10-21(27)11-6-17/h5-14,16H,2-4,15H2,1H3,(H,28,30). The Morgan fingerprint density at radius 2 is 1.61 bits per heavy atom. The van der Waals surface area contributed by atoms with Crippen molar-refractivity contribution in [3.63, 3.8) is 0 Å². The second kappa shape index (κ2) is 9.88. The summed E-state index contributed by atoms with van der Waals surface area (Å²) in [6.07, 6.45) is 1.60. The second-order valence-corrected chi connectivity index (χ2v) is 8.10. The van der Waals surface area contributed by atoms with Crippen molar-refractivity contribution in [2.75, 3.05) is 23.4 Å². The molecule has 33 heavy (non-hydrogen) atoms. The van der Waals surface area contributed by atoms with Crippen molar-refractivity contribution in [3.8, 4) is 0 Å². The van der Waals surface area contributed by atoms with Gasteiger partial charge in [0.15, 0.2) is 0 Å². The van der Waals surface area contributed by atoms with Crippen LogP contribution in [-0.4, -0.2) is 30.9 Å². The van der Waals surface area contributed by atoms with E-state index in [-0.39, 0.29) is 11.8 Å². The average molecular weight is 463 g/mol. The van der Waals surface area contributed by atoms with Gasteiger partial charge in [0.25, 0.3) is 11.8 Å². The van der Waals surface area contributed by atoms with Crippen LogP contribution in [-0.2, 0) is 11.2 Å². The number of carbonyl (C=O) groups is 3. The Balaban J connectivity index is 1.49. The van der Waals surface area contributed by atoms with Gasteiger partial charge in [0, 0.05) is 34.1 Å². The Hall–Kier alpha value is -3.64. The van der Waals surface area contributed by atoms with Crippen LogP contribution in [0.2, 0.25) is 5.02 Å². The van der Waals surface area contributed by atoms with Crippen molar-refractivity contribution in [2.45, 2.75) is 19.8 Å². The van der Waals surface area contributed by atoms with Crippen LogP contribution in [0.1, 0.15) is 50.0 Å². The van der Waals surface area contributed by atoms with E-state index >= 15 is 0 Å². The summed E-state index contributed by atoms with van der Waals surface area (Å²) in [4.78, 5) is 39.3. The topological polar surface area (TPSA) is 75.7 Å². The second-order valence-electron chi connectivity index (χ2n) is 7.66. The van der Waals surface area contributed by atoms with Gasteiger partial charge in [0.1, 0.15) is 0 Å². The lowest BCUT2D eigenvalue weighted by Gasteiger charge is -2.30. The minimum absolute atomic E-state index is 0.0912. The number of amides is 2. The van der Waals surface area contributed by atoms with Crippen LogP contribution in [0.25, 0.3) is 0 Å². The molecule has 7 heteroatoms. The molecule has 0 fully saturated rings. The molecule has 168 valence electrons. The Bertz CT molecular complexity index is 1190. The van der Waals surface area contributed by atoms with Gasteiger partial charge in [-0.1, -0.05) is 11.6 Å². The molecule has 1 aliphatic heterocycles. The summed E-state index contributed by atoms with van der Waals surface area (Å²) in [5, 5.41) is 3.42. The first-order chi connectivity index (χ1) is 16.0. The van der Waals surface area contributed by atoms with Gasteiger partial charge in [0.05, 0.1) is 12.2 Å². The molecule has 0 saturated heterocycles. The Morgan fingerprint density at radius 1 is 0.939 bits per heavy atom. The average Bonchev–Trinajstić information content (AvgIpc) is 2.84. The largest absolute Gasteiger partial charge is 0.462 e.